The van der Waals surface area contributed by atoms with Crippen molar-refractivity contribution in [3.8, 4) is 5.75 Å². The van der Waals surface area contributed by atoms with Gasteiger partial charge < -0.3 is 20.3 Å². The maximum Gasteiger partial charge on any atom is 0.227 e. The van der Waals surface area contributed by atoms with Gasteiger partial charge in [0.2, 0.25) is 11.8 Å². The lowest BCUT2D eigenvalue weighted by Gasteiger charge is -2.35. The van der Waals surface area contributed by atoms with E-state index >= 15 is 0 Å². The van der Waals surface area contributed by atoms with E-state index in [0.717, 1.165) is 16.9 Å². The fourth-order valence-electron chi connectivity index (χ4n) is 3.20. The van der Waals surface area contributed by atoms with E-state index in [1.807, 2.05) is 46.2 Å². The first kappa shape index (κ1) is 21.6. The molecule has 6 nitrogen and oxygen atoms in total. The van der Waals surface area contributed by atoms with Gasteiger partial charge in [-0.25, -0.2) is 0 Å². The van der Waals surface area contributed by atoms with E-state index in [-0.39, 0.29) is 24.2 Å². The summed E-state index contributed by atoms with van der Waals surface area (Å²) in [5.41, 5.74) is 8.25. The summed E-state index contributed by atoms with van der Waals surface area (Å²) >= 11 is 0. The van der Waals surface area contributed by atoms with Crippen molar-refractivity contribution in [2.24, 2.45) is 0 Å². The van der Waals surface area contributed by atoms with Crippen LogP contribution in [0.25, 0.3) is 0 Å². The van der Waals surface area contributed by atoms with E-state index in [9.17, 15) is 9.59 Å². The van der Waals surface area contributed by atoms with E-state index in [1.54, 1.807) is 19.2 Å². The lowest BCUT2D eigenvalue weighted by molar-refractivity contribution is -0.138. The number of ether oxygens (including phenoxy) is 1. The summed E-state index contributed by atoms with van der Waals surface area (Å²) in [6.07, 6.45) is 0.703. The molecule has 28 heavy (non-hydrogen) atoms. The zero-order valence-corrected chi connectivity index (χ0v) is 16.8. The van der Waals surface area contributed by atoms with Gasteiger partial charge in [-0.3, -0.25) is 9.59 Å². The van der Waals surface area contributed by atoms with Gasteiger partial charge in [0.05, 0.1) is 20.0 Å². The third-order valence-electron chi connectivity index (χ3n) is 4.81. The summed E-state index contributed by atoms with van der Waals surface area (Å²) in [6, 6.07) is 14.9. The van der Waals surface area contributed by atoms with Gasteiger partial charge in [0, 0.05) is 31.9 Å². The number of anilines is 1. The minimum Gasteiger partial charge on any atom is -0.497 e. The van der Waals surface area contributed by atoms with Crippen LogP contribution in [0.2, 0.25) is 0 Å². The Hall–Kier alpha value is -2.73. The minimum absolute atomic E-state index is 0. The molecule has 2 aromatic rings. The highest BCUT2D eigenvalue weighted by Crippen LogP contribution is 2.15. The Morgan fingerprint density at radius 2 is 1.43 bits per heavy atom. The van der Waals surface area contributed by atoms with Crippen molar-refractivity contribution in [3.05, 3.63) is 59.7 Å². The van der Waals surface area contributed by atoms with Gasteiger partial charge in [-0.2, -0.15) is 0 Å². The van der Waals surface area contributed by atoms with Gasteiger partial charge in [-0.1, -0.05) is 24.3 Å². The van der Waals surface area contributed by atoms with Crippen LogP contribution in [-0.4, -0.2) is 54.9 Å². The summed E-state index contributed by atoms with van der Waals surface area (Å²) < 4.78 is 5.20. The third-order valence-corrected chi connectivity index (χ3v) is 4.81. The van der Waals surface area contributed by atoms with Gasteiger partial charge in [-0.15, -0.1) is 12.4 Å². The molecule has 1 aliphatic rings. The monoisotopic (exact) mass is 403 g/mol. The number of nitrogens with two attached hydrogens (primary N) is 1. The van der Waals surface area contributed by atoms with Crippen LogP contribution in [0.15, 0.2) is 48.5 Å². The van der Waals surface area contributed by atoms with E-state index in [0.29, 0.717) is 44.7 Å². The predicted molar refractivity (Wildman–Crippen MR) is 112 cm³/mol. The maximum atomic E-state index is 12.5. The van der Waals surface area contributed by atoms with E-state index in [4.69, 9.17) is 10.5 Å². The van der Waals surface area contributed by atoms with Crippen LogP contribution in [0.5, 0.6) is 5.75 Å². The standard InChI is InChI=1S/C21H25N3O3.ClH/c1-27-19-4-2-3-17(13-19)15-21(26)24-11-9-23(10-12-24)20(25)14-16-5-7-18(22)8-6-16;/h2-8,13H,9-12,14-15,22H2,1H3;1H. The summed E-state index contributed by atoms with van der Waals surface area (Å²) in [6.45, 7) is 2.27. The molecule has 0 aliphatic carbocycles. The zero-order chi connectivity index (χ0) is 19.2. The average molecular weight is 404 g/mol. The number of nitrogen functional groups attached to an aromatic ring is 1. The molecule has 150 valence electrons. The molecule has 1 heterocycles. The van der Waals surface area contributed by atoms with Crippen molar-refractivity contribution in [2.45, 2.75) is 12.8 Å². The first-order valence-corrected chi connectivity index (χ1v) is 9.08. The number of hydrogen-bond donors (Lipinski definition) is 1. The second-order valence-electron chi connectivity index (χ2n) is 6.71. The van der Waals surface area contributed by atoms with E-state index < -0.39 is 0 Å². The molecule has 2 amide bonds. The topological polar surface area (TPSA) is 75.9 Å². The second-order valence-corrected chi connectivity index (χ2v) is 6.71. The number of rotatable bonds is 5. The summed E-state index contributed by atoms with van der Waals surface area (Å²) in [4.78, 5) is 28.7. The molecule has 2 N–H and O–H groups in total. The van der Waals surface area contributed by atoms with Crippen LogP contribution in [0.4, 0.5) is 5.69 Å². The molecule has 2 aromatic carbocycles. The number of nitrogens with zero attached hydrogens (tertiary/aromatic N) is 2. The van der Waals surface area contributed by atoms with E-state index in [1.165, 1.54) is 0 Å². The Morgan fingerprint density at radius 1 is 0.893 bits per heavy atom. The van der Waals surface area contributed by atoms with Crippen molar-refractivity contribution >= 4 is 29.9 Å². The Kier molecular flexibility index (Phi) is 7.70. The highest BCUT2D eigenvalue weighted by molar-refractivity contribution is 5.85. The average Bonchev–Trinajstić information content (AvgIpc) is 2.70. The molecule has 0 spiro atoms. The zero-order valence-electron chi connectivity index (χ0n) is 16.0. The number of hydrogen-bond acceptors (Lipinski definition) is 4. The van der Waals surface area contributed by atoms with Crippen molar-refractivity contribution < 1.29 is 14.3 Å². The van der Waals surface area contributed by atoms with Gasteiger partial charge in [0.15, 0.2) is 0 Å². The predicted octanol–water partition coefficient (Wildman–Crippen LogP) is 2.16. The van der Waals surface area contributed by atoms with Crippen molar-refractivity contribution in [3.63, 3.8) is 0 Å². The normalized spacial score (nSPS) is 13.6. The smallest absolute Gasteiger partial charge is 0.227 e. The fourth-order valence-corrected chi connectivity index (χ4v) is 3.20. The lowest BCUT2D eigenvalue weighted by Crippen LogP contribution is -2.51. The third kappa shape index (κ3) is 5.63. The van der Waals surface area contributed by atoms with Gasteiger partial charge in [0.1, 0.15) is 5.75 Å². The maximum absolute atomic E-state index is 12.5. The van der Waals surface area contributed by atoms with E-state index in [2.05, 4.69) is 0 Å². The van der Waals surface area contributed by atoms with Crippen LogP contribution in [0, 0.1) is 0 Å². The SMILES string of the molecule is COc1cccc(CC(=O)N2CCN(C(=O)Cc3ccc(N)cc3)CC2)c1.Cl. The first-order valence-electron chi connectivity index (χ1n) is 9.08. The highest BCUT2D eigenvalue weighted by atomic mass is 35.5. The largest absolute Gasteiger partial charge is 0.497 e. The minimum atomic E-state index is 0. The Balaban J connectivity index is 0.00000280. The summed E-state index contributed by atoms with van der Waals surface area (Å²) in [7, 11) is 1.61. The van der Waals surface area contributed by atoms with Crippen LogP contribution in [0.3, 0.4) is 0 Å². The molecule has 0 atom stereocenters. The van der Waals surface area contributed by atoms with Crippen LogP contribution in [-0.2, 0) is 22.4 Å². The number of halogens is 1. The molecule has 1 saturated heterocycles. The van der Waals surface area contributed by atoms with Crippen LogP contribution < -0.4 is 10.5 Å². The Bertz CT molecular complexity index is 803. The molecule has 1 aliphatic heterocycles. The molecule has 0 unspecified atom stereocenters. The van der Waals surface area contributed by atoms with Crippen molar-refractivity contribution in [2.75, 3.05) is 39.0 Å². The number of carbonyl (C=O) groups is 2. The lowest BCUT2D eigenvalue weighted by atomic mass is 10.1. The fraction of sp³-hybridized carbons (Fsp3) is 0.333. The Morgan fingerprint density at radius 3 is 1.96 bits per heavy atom. The van der Waals surface area contributed by atoms with Gasteiger partial charge in [0.25, 0.3) is 0 Å². The number of carbonyl (C=O) groups excluding carboxylic acids is 2. The molecule has 3 rings (SSSR count). The molecular formula is C21H26ClN3O3. The molecule has 0 bridgehead atoms. The quantitative estimate of drug-likeness (QED) is 0.776. The molecule has 1 fully saturated rings. The Labute approximate surface area is 171 Å². The number of methoxy groups -OCH3 is 1. The number of amides is 2. The van der Waals surface area contributed by atoms with Crippen molar-refractivity contribution in [1.29, 1.82) is 0 Å². The molecule has 0 saturated carbocycles. The van der Waals surface area contributed by atoms with Crippen LogP contribution in [0.1, 0.15) is 11.1 Å². The van der Waals surface area contributed by atoms with Crippen LogP contribution >= 0.6 is 12.4 Å². The summed E-state index contributed by atoms with van der Waals surface area (Å²) in [5.74, 6) is 0.909. The van der Waals surface area contributed by atoms with Gasteiger partial charge in [-0.05, 0) is 35.4 Å². The molecular weight excluding hydrogens is 378 g/mol. The van der Waals surface area contributed by atoms with Crippen molar-refractivity contribution in [1.82, 2.24) is 9.80 Å². The molecule has 0 aromatic heterocycles. The highest BCUT2D eigenvalue weighted by Gasteiger charge is 2.24. The summed E-state index contributed by atoms with van der Waals surface area (Å²) in [5, 5.41) is 0. The number of benzene rings is 2. The van der Waals surface area contributed by atoms with Gasteiger partial charge >= 0.3 is 0 Å². The molecule has 0 radical (unpaired) electrons. The second kappa shape index (κ2) is 9.99. The first-order chi connectivity index (χ1) is 13.0. The molecule has 7 heteroatoms. The number of piperazine rings is 1.